The van der Waals surface area contributed by atoms with Crippen LogP contribution in [-0.4, -0.2) is 69.0 Å². The molecule has 0 spiro atoms. The van der Waals surface area contributed by atoms with Crippen LogP contribution >= 0.6 is 0 Å². The van der Waals surface area contributed by atoms with Crippen molar-refractivity contribution in [1.29, 1.82) is 0 Å². The van der Waals surface area contributed by atoms with Gasteiger partial charge in [0.05, 0.1) is 0 Å². The Hall–Kier alpha value is -0.239. The second kappa shape index (κ2) is 11.8. The number of Topliss-reactive ketones (excluding diaryl/α,β-unsaturated/α-hetero) is 2. The number of carboxylic acid groups (broad SMARTS) is 2. The monoisotopic (exact) mass is 290 g/mol. The molecule has 0 fully saturated rings. The molecule has 0 saturated heterocycles. The normalized spacial score (nSPS) is 7.60. The molecule has 0 unspecified atom stereocenters. The van der Waals surface area contributed by atoms with Gasteiger partial charge in [-0.1, -0.05) is 0 Å². The molecule has 0 atom stereocenters. The summed E-state index contributed by atoms with van der Waals surface area (Å²) in [4.78, 5) is 38.6. The van der Waals surface area contributed by atoms with Crippen molar-refractivity contribution in [2.45, 2.75) is 26.7 Å². The van der Waals surface area contributed by atoms with E-state index in [0.717, 1.165) is 0 Å². The van der Waals surface area contributed by atoms with E-state index in [1.807, 2.05) is 0 Å². The summed E-state index contributed by atoms with van der Waals surface area (Å²) in [6.07, 6.45) is -0.944. The molecule has 0 bridgehead atoms. The zero-order valence-electron chi connectivity index (χ0n) is 8.57. The summed E-state index contributed by atoms with van der Waals surface area (Å²) in [5.41, 5.74) is 0. The largest absolute Gasteiger partial charge is 2.00 e. The molecule has 0 aromatic heterocycles. The van der Waals surface area contributed by atoms with E-state index in [4.69, 9.17) is 0 Å². The zero-order chi connectivity index (χ0) is 11.7. The molecule has 0 radical (unpaired) electrons. The van der Waals surface area contributed by atoms with E-state index in [2.05, 4.69) is 0 Å². The molecular weight excluding hydrogens is 280 g/mol. The number of ketones is 2. The summed E-state index contributed by atoms with van der Waals surface area (Å²) in [6, 6.07) is 0. The maximum absolute atomic E-state index is 9.83. The van der Waals surface area contributed by atoms with Gasteiger partial charge in [0, 0.05) is 24.8 Å². The van der Waals surface area contributed by atoms with Gasteiger partial charge in [0.1, 0.15) is 11.6 Å². The molecule has 0 saturated carbocycles. The maximum Gasteiger partial charge on any atom is 2.00 e. The third-order valence-electron chi connectivity index (χ3n) is 0.787. The standard InChI is InChI=1S/2C4H6O3.Sr/c2*1-3(5)2-4(6)7;/h2*2H2,1H3,(H,6,7);/q;;+2/p-2. The number of hydrogen-bond donors (Lipinski definition) is 0. The zero-order valence-corrected chi connectivity index (χ0v) is 12.0. The van der Waals surface area contributed by atoms with E-state index in [-0.39, 0.29) is 57.0 Å². The summed E-state index contributed by atoms with van der Waals surface area (Å²) in [6.45, 7) is 2.41. The molecule has 0 rings (SSSR count). The van der Waals surface area contributed by atoms with Crippen LogP contribution in [0.25, 0.3) is 0 Å². The first kappa shape index (κ1) is 20.2. The predicted octanol–water partition coefficient (Wildman–Crippen LogP) is -2.95. The molecule has 0 aliphatic rings. The van der Waals surface area contributed by atoms with Crippen molar-refractivity contribution in [3.05, 3.63) is 0 Å². The van der Waals surface area contributed by atoms with Crippen LogP contribution in [0.5, 0.6) is 0 Å². The average Bonchev–Trinajstić information content (AvgIpc) is 1.79. The number of aliphatic carboxylic acids is 2. The van der Waals surface area contributed by atoms with Crippen LogP contribution in [0.15, 0.2) is 0 Å². The molecule has 0 aliphatic carbocycles. The first-order valence-corrected chi connectivity index (χ1v) is 3.64. The van der Waals surface area contributed by atoms with E-state index in [0.29, 0.717) is 0 Å². The van der Waals surface area contributed by atoms with Gasteiger partial charge in [0.25, 0.3) is 0 Å². The van der Waals surface area contributed by atoms with Crippen LogP contribution in [0.2, 0.25) is 0 Å². The Bertz CT molecular complexity index is 198. The third kappa shape index (κ3) is 31.6. The van der Waals surface area contributed by atoms with Gasteiger partial charge in [0.2, 0.25) is 0 Å². The van der Waals surface area contributed by atoms with Crippen molar-refractivity contribution in [3.8, 4) is 0 Å². The van der Waals surface area contributed by atoms with Gasteiger partial charge in [-0.25, -0.2) is 0 Å². The molecule has 0 aromatic rings. The Morgan fingerprint density at radius 2 is 1.00 bits per heavy atom. The Balaban J connectivity index is -0.000000180. The molecule has 6 nitrogen and oxygen atoms in total. The van der Waals surface area contributed by atoms with E-state index in [1.54, 1.807) is 0 Å². The minimum absolute atomic E-state index is 0. The fourth-order valence-electron chi connectivity index (χ4n) is 0.407. The summed E-state index contributed by atoms with van der Waals surface area (Å²) < 4.78 is 0. The van der Waals surface area contributed by atoms with Crippen LogP contribution < -0.4 is 10.2 Å². The van der Waals surface area contributed by atoms with Crippen LogP contribution in [0.1, 0.15) is 26.7 Å². The quantitative estimate of drug-likeness (QED) is 0.404. The molecular formula is C8H10O6Sr. The molecule has 0 N–H and O–H groups in total. The Kier molecular flexibility index (Phi) is 15.9. The minimum atomic E-state index is -1.31. The van der Waals surface area contributed by atoms with Gasteiger partial charge in [-0.15, -0.1) is 0 Å². The maximum atomic E-state index is 9.83. The van der Waals surface area contributed by atoms with Crippen molar-refractivity contribution >= 4 is 69.0 Å². The summed E-state index contributed by atoms with van der Waals surface area (Å²) in [7, 11) is 0. The van der Waals surface area contributed by atoms with Gasteiger partial charge in [-0.3, -0.25) is 9.59 Å². The van der Waals surface area contributed by atoms with Gasteiger partial charge in [-0.2, -0.15) is 0 Å². The molecule has 15 heavy (non-hydrogen) atoms. The first-order valence-electron chi connectivity index (χ1n) is 3.64. The number of rotatable bonds is 4. The summed E-state index contributed by atoms with van der Waals surface area (Å²) >= 11 is 0. The second-order valence-corrected chi connectivity index (χ2v) is 2.50. The van der Waals surface area contributed by atoms with Crippen molar-refractivity contribution in [3.63, 3.8) is 0 Å². The molecule has 0 aromatic carbocycles. The molecule has 80 valence electrons. The van der Waals surface area contributed by atoms with Gasteiger partial charge < -0.3 is 19.8 Å². The van der Waals surface area contributed by atoms with Crippen molar-refractivity contribution in [1.82, 2.24) is 0 Å². The number of hydrogen-bond acceptors (Lipinski definition) is 6. The number of carboxylic acids is 2. The fraction of sp³-hybridized carbons (Fsp3) is 0.500. The van der Waals surface area contributed by atoms with Crippen molar-refractivity contribution in [2.24, 2.45) is 0 Å². The van der Waals surface area contributed by atoms with Gasteiger partial charge in [0.15, 0.2) is 0 Å². The van der Waals surface area contributed by atoms with E-state index in [9.17, 15) is 29.4 Å². The van der Waals surface area contributed by atoms with Crippen LogP contribution in [-0.2, 0) is 19.2 Å². The van der Waals surface area contributed by atoms with E-state index < -0.39 is 24.8 Å². The van der Waals surface area contributed by atoms with Crippen molar-refractivity contribution in [2.75, 3.05) is 0 Å². The third-order valence-corrected chi connectivity index (χ3v) is 0.787. The first-order chi connectivity index (χ1) is 6.25. The SMILES string of the molecule is CC(=O)CC(=O)[O-].CC(=O)CC(=O)[O-].[Sr+2]. The fourth-order valence-corrected chi connectivity index (χ4v) is 0.407. The van der Waals surface area contributed by atoms with Crippen LogP contribution in [0, 0.1) is 0 Å². The van der Waals surface area contributed by atoms with Gasteiger partial charge in [-0.05, 0) is 13.8 Å². The Morgan fingerprint density at radius 1 is 0.800 bits per heavy atom. The smallest absolute Gasteiger partial charge is 0.550 e. The minimum Gasteiger partial charge on any atom is -0.550 e. The van der Waals surface area contributed by atoms with E-state index in [1.165, 1.54) is 13.8 Å². The van der Waals surface area contributed by atoms with Gasteiger partial charge >= 0.3 is 45.5 Å². The number of carbonyl (C=O) groups excluding carboxylic acids is 4. The molecule has 0 amide bonds. The van der Waals surface area contributed by atoms with Crippen LogP contribution in [0.3, 0.4) is 0 Å². The molecule has 0 heterocycles. The van der Waals surface area contributed by atoms with E-state index >= 15 is 0 Å². The average molecular weight is 290 g/mol. The van der Waals surface area contributed by atoms with Crippen molar-refractivity contribution < 1.29 is 29.4 Å². The topological polar surface area (TPSA) is 114 Å². The summed E-state index contributed by atoms with van der Waals surface area (Å²) in [5.74, 6) is -3.37. The Labute approximate surface area is 124 Å². The summed E-state index contributed by atoms with van der Waals surface area (Å²) in [5, 5.41) is 19.0. The molecule has 0 aliphatic heterocycles. The second-order valence-electron chi connectivity index (χ2n) is 2.50. The molecule has 7 heteroatoms. The number of carbonyl (C=O) groups is 4. The van der Waals surface area contributed by atoms with Crippen LogP contribution in [0.4, 0.5) is 0 Å². The Morgan fingerprint density at radius 3 is 1.00 bits per heavy atom. The predicted molar refractivity (Wildman–Crippen MR) is 46.4 cm³/mol.